The quantitative estimate of drug-likeness (QED) is 0.658. The predicted molar refractivity (Wildman–Crippen MR) is 111 cm³/mol. The number of amides is 1. The topological polar surface area (TPSA) is 78.3 Å². The second-order valence-corrected chi connectivity index (χ2v) is 7.00. The number of carbonyl (C=O) groups excluding carboxylic acids is 1. The van der Waals surface area contributed by atoms with E-state index in [1.807, 2.05) is 57.2 Å². The molecule has 0 saturated carbocycles. The highest BCUT2D eigenvalue weighted by Crippen LogP contribution is 2.30. The predicted octanol–water partition coefficient (Wildman–Crippen LogP) is 3.90. The van der Waals surface area contributed by atoms with Gasteiger partial charge in [0.15, 0.2) is 5.82 Å². The molecule has 7 nitrogen and oxygen atoms in total. The van der Waals surface area contributed by atoms with Crippen molar-refractivity contribution in [3.05, 3.63) is 65.6 Å². The highest BCUT2D eigenvalue weighted by Gasteiger charge is 2.23. The van der Waals surface area contributed by atoms with E-state index in [9.17, 15) is 4.79 Å². The van der Waals surface area contributed by atoms with Crippen LogP contribution in [0.4, 0.5) is 0 Å². The summed E-state index contributed by atoms with van der Waals surface area (Å²) >= 11 is 0. The lowest BCUT2D eigenvalue weighted by atomic mass is 10.0. The maximum Gasteiger partial charge on any atom is 0.255 e. The van der Waals surface area contributed by atoms with Crippen LogP contribution in [-0.2, 0) is 0 Å². The van der Waals surface area contributed by atoms with Crippen molar-refractivity contribution >= 4 is 5.91 Å². The molecule has 3 aromatic rings. The molecule has 1 atom stereocenters. The number of nitrogens with one attached hydrogen (secondary N) is 1. The van der Waals surface area contributed by atoms with E-state index in [0.29, 0.717) is 22.9 Å². The third-order valence-electron chi connectivity index (χ3n) is 4.72. The molecule has 0 radical (unpaired) electrons. The van der Waals surface area contributed by atoms with E-state index < -0.39 is 0 Å². The van der Waals surface area contributed by atoms with Crippen LogP contribution in [0.25, 0.3) is 5.82 Å². The average molecular weight is 394 g/mol. The molecule has 7 heteroatoms. The monoisotopic (exact) mass is 394 g/mol. The summed E-state index contributed by atoms with van der Waals surface area (Å²) < 4.78 is 12.5. The molecule has 1 unspecified atom stereocenters. The number of benzene rings is 1. The summed E-state index contributed by atoms with van der Waals surface area (Å²) in [4.78, 5) is 17.4. The molecule has 1 N–H and O–H groups in total. The van der Waals surface area contributed by atoms with Crippen LogP contribution in [0.3, 0.4) is 0 Å². The Hall–Kier alpha value is -3.35. The molecule has 0 saturated heterocycles. The largest absolute Gasteiger partial charge is 0.497 e. The van der Waals surface area contributed by atoms with Crippen molar-refractivity contribution in [2.75, 3.05) is 14.2 Å². The average Bonchev–Trinajstić information content (AvgIpc) is 3.19. The lowest BCUT2D eigenvalue weighted by Crippen LogP contribution is -2.28. The second-order valence-electron chi connectivity index (χ2n) is 7.00. The Bertz CT molecular complexity index is 983. The molecule has 0 aliphatic rings. The number of rotatable bonds is 7. The minimum atomic E-state index is -0.286. The highest BCUT2D eigenvalue weighted by molar-refractivity contribution is 5.95. The molecule has 3 rings (SSSR count). The first-order valence-electron chi connectivity index (χ1n) is 9.48. The molecule has 0 bridgehead atoms. The summed E-state index contributed by atoms with van der Waals surface area (Å²) in [5.74, 6) is 1.95. The maximum absolute atomic E-state index is 13.1. The minimum absolute atomic E-state index is 0.0851. The number of hydrogen-bond donors (Lipinski definition) is 1. The normalized spacial score (nSPS) is 11.9. The van der Waals surface area contributed by atoms with Crippen LogP contribution in [-0.4, -0.2) is 34.9 Å². The molecule has 0 fully saturated rings. The van der Waals surface area contributed by atoms with Gasteiger partial charge in [-0.2, -0.15) is 5.10 Å². The second kappa shape index (κ2) is 8.77. The molecular weight excluding hydrogens is 368 g/mol. The third kappa shape index (κ3) is 4.23. The highest BCUT2D eigenvalue weighted by atomic mass is 16.5. The number of carbonyl (C=O) groups is 1. The zero-order valence-corrected chi connectivity index (χ0v) is 17.3. The Morgan fingerprint density at radius 2 is 1.90 bits per heavy atom. The molecule has 0 aliphatic heterocycles. The van der Waals surface area contributed by atoms with Crippen LogP contribution < -0.4 is 14.8 Å². The van der Waals surface area contributed by atoms with E-state index >= 15 is 0 Å². The van der Waals surface area contributed by atoms with Gasteiger partial charge < -0.3 is 14.8 Å². The number of hydrogen-bond acceptors (Lipinski definition) is 5. The fourth-order valence-electron chi connectivity index (χ4n) is 3.28. The van der Waals surface area contributed by atoms with Gasteiger partial charge in [0.05, 0.1) is 37.7 Å². The van der Waals surface area contributed by atoms with E-state index in [1.165, 1.54) is 0 Å². The van der Waals surface area contributed by atoms with Crippen molar-refractivity contribution in [2.45, 2.75) is 32.7 Å². The van der Waals surface area contributed by atoms with Crippen LogP contribution in [0.5, 0.6) is 11.5 Å². The molecule has 29 heavy (non-hydrogen) atoms. The van der Waals surface area contributed by atoms with E-state index in [4.69, 9.17) is 9.47 Å². The van der Waals surface area contributed by atoms with Gasteiger partial charge in [0.25, 0.3) is 5.91 Å². The van der Waals surface area contributed by atoms with E-state index in [0.717, 1.165) is 11.3 Å². The number of methoxy groups -OCH3 is 2. The van der Waals surface area contributed by atoms with Crippen LogP contribution >= 0.6 is 0 Å². The summed E-state index contributed by atoms with van der Waals surface area (Å²) in [6.07, 6.45) is 3.30. The third-order valence-corrected chi connectivity index (χ3v) is 4.72. The number of pyridine rings is 1. The molecule has 1 amide bonds. The van der Waals surface area contributed by atoms with Crippen molar-refractivity contribution in [1.29, 1.82) is 0 Å². The van der Waals surface area contributed by atoms with Crippen molar-refractivity contribution in [3.63, 3.8) is 0 Å². The minimum Gasteiger partial charge on any atom is -0.497 e. The molecule has 0 spiro atoms. The Labute approximate surface area is 170 Å². The van der Waals surface area contributed by atoms with Crippen LogP contribution in [0.1, 0.15) is 54.3 Å². The van der Waals surface area contributed by atoms with Crippen molar-refractivity contribution in [3.8, 4) is 17.3 Å². The van der Waals surface area contributed by atoms with Gasteiger partial charge in [-0.3, -0.25) is 4.79 Å². The Balaban J connectivity index is 1.91. The first-order chi connectivity index (χ1) is 14.0. The first-order valence-corrected chi connectivity index (χ1v) is 9.48. The summed E-state index contributed by atoms with van der Waals surface area (Å²) in [5.41, 5.74) is 2.17. The van der Waals surface area contributed by atoms with Gasteiger partial charge in [0.2, 0.25) is 0 Å². The zero-order chi connectivity index (χ0) is 21.0. The fraction of sp³-hybridized carbons (Fsp3) is 0.318. The summed E-state index contributed by atoms with van der Waals surface area (Å²) in [7, 11) is 3.21. The van der Waals surface area contributed by atoms with Gasteiger partial charge in [-0.1, -0.05) is 19.9 Å². The van der Waals surface area contributed by atoms with E-state index in [1.54, 1.807) is 31.3 Å². The van der Waals surface area contributed by atoms with Crippen molar-refractivity contribution < 1.29 is 14.3 Å². The lowest BCUT2D eigenvalue weighted by molar-refractivity contribution is 0.0938. The Morgan fingerprint density at radius 1 is 1.10 bits per heavy atom. The summed E-state index contributed by atoms with van der Waals surface area (Å²) in [6, 6.07) is 10.8. The smallest absolute Gasteiger partial charge is 0.255 e. The number of nitrogens with zero attached hydrogens (tertiary/aromatic N) is 3. The van der Waals surface area contributed by atoms with Crippen LogP contribution in [0, 0.1) is 0 Å². The van der Waals surface area contributed by atoms with Crippen molar-refractivity contribution in [1.82, 2.24) is 20.1 Å². The molecule has 152 valence electrons. The fourth-order valence-corrected chi connectivity index (χ4v) is 3.28. The maximum atomic E-state index is 13.1. The molecule has 2 aromatic heterocycles. The Morgan fingerprint density at radius 3 is 2.52 bits per heavy atom. The lowest BCUT2D eigenvalue weighted by Gasteiger charge is -2.19. The standard InChI is InChI=1S/C22H26N4O3/c1-14(2)21-18(13-24-26(21)20-8-6-7-11-23-20)22(27)25-15(3)17-12-16(28-4)9-10-19(17)29-5/h6-15H,1-5H3,(H,25,27). The van der Waals surface area contributed by atoms with Gasteiger partial charge in [-0.25, -0.2) is 9.67 Å². The van der Waals surface area contributed by atoms with Gasteiger partial charge in [-0.15, -0.1) is 0 Å². The first kappa shape index (κ1) is 20.4. The van der Waals surface area contributed by atoms with Crippen LogP contribution in [0.2, 0.25) is 0 Å². The summed E-state index contributed by atoms with van der Waals surface area (Å²) in [6.45, 7) is 5.97. The summed E-state index contributed by atoms with van der Waals surface area (Å²) in [5, 5.41) is 7.47. The SMILES string of the molecule is COc1ccc(OC)c(C(C)NC(=O)c2cnn(-c3ccccn3)c2C(C)C)c1. The van der Waals surface area contributed by atoms with E-state index in [2.05, 4.69) is 15.4 Å². The molecular formula is C22H26N4O3. The zero-order valence-electron chi connectivity index (χ0n) is 17.3. The van der Waals surface area contributed by atoms with Gasteiger partial charge in [0.1, 0.15) is 11.5 Å². The van der Waals surface area contributed by atoms with Crippen molar-refractivity contribution in [2.24, 2.45) is 0 Å². The number of aromatic nitrogens is 3. The Kier molecular flexibility index (Phi) is 6.16. The molecule has 0 aliphatic carbocycles. The van der Waals surface area contributed by atoms with E-state index in [-0.39, 0.29) is 17.9 Å². The number of ether oxygens (including phenoxy) is 2. The van der Waals surface area contributed by atoms with Gasteiger partial charge >= 0.3 is 0 Å². The molecule has 1 aromatic carbocycles. The van der Waals surface area contributed by atoms with Crippen LogP contribution in [0.15, 0.2) is 48.8 Å². The van der Waals surface area contributed by atoms with Gasteiger partial charge in [0, 0.05) is 11.8 Å². The van der Waals surface area contributed by atoms with Gasteiger partial charge in [-0.05, 0) is 43.2 Å². The molecule has 2 heterocycles.